The summed E-state index contributed by atoms with van der Waals surface area (Å²) in [7, 11) is 1.82. The molecule has 0 spiro atoms. The second-order valence-electron chi connectivity index (χ2n) is 6.30. The van der Waals surface area contributed by atoms with Gasteiger partial charge in [0.1, 0.15) is 5.75 Å². The third-order valence-corrected chi connectivity index (χ3v) is 4.05. The van der Waals surface area contributed by atoms with Gasteiger partial charge >= 0.3 is 6.61 Å². The topological polar surface area (TPSA) is 41.6 Å². The van der Waals surface area contributed by atoms with Crippen molar-refractivity contribution in [1.82, 2.24) is 4.90 Å². The average Bonchev–Trinajstić information content (AvgIpc) is 2.62. The number of rotatable bonds is 7. The third kappa shape index (κ3) is 5.49. The van der Waals surface area contributed by atoms with E-state index in [4.69, 9.17) is 0 Å². The molecule has 0 saturated heterocycles. The van der Waals surface area contributed by atoms with Crippen molar-refractivity contribution in [3.8, 4) is 5.75 Å². The molecule has 0 aliphatic heterocycles. The second kappa shape index (κ2) is 8.60. The first-order valence-corrected chi connectivity index (χ1v) is 8.50. The molecule has 4 nitrogen and oxygen atoms in total. The van der Waals surface area contributed by atoms with Gasteiger partial charge in [0.25, 0.3) is 0 Å². The number of anilines is 1. The predicted molar refractivity (Wildman–Crippen MR) is 102 cm³/mol. The van der Waals surface area contributed by atoms with Crippen LogP contribution in [0.5, 0.6) is 5.75 Å². The summed E-state index contributed by atoms with van der Waals surface area (Å²) in [6.45, 7) is -2.11. The molecule has 0 aliphatic carbocycles. The van der Waals surface area contributed by atoms with Crippen LogP contribution in [-0.2, 0) is 11.3 Å². The number of amides is 1. The maximum Gasteiger partial charge on any atom is 0.387 e. The zero-order valence-corrected chi connectivity index (χ0v) is 14.9. The van der Waals surface area contributed by atoms with E-state index in [2.05, 4.69) is 10.1 Å². The molecular formula is C21H20F2N2O2. The van der Waals surface area contributed by atoms with E-state index in [1.165, 1.54) is 12.1 Å². The number of carbonyl (C=O) groups excluding carboxylic acids is 1. The molecule has 0 aromatic heterocycles. The Labute approximate surface area is 156 Å². The van der Waals surface area contributed by atoms with Crippen molar-refractivity contribution in [2.24, 2.45) is 0 Å². The van der Waals surface area contributed by atoms with Gasteiger partial charge in [0.15, 0.2) is 0 Å². The fourth-order valence-corrected chi connectivity index (χ4v) is 2.86. The fraction of sp³-hybridized carbons (Fsp3) is 0.190. The van der Waals surface area contributed by atoms with Gasteiger partial charge in [-0.3, -0.25) is 9.69 Å². The standard InChI is InChI=1S/C21H20F2N2O2/c1-25(13-15-6-10-19(11-7-15)27-21(22)23)14-20(26)24-18-9-8-16-4-2-3-5-17(16)12-18/h2-12,21H,13-14H2,1H3,(H,24,26). The van der Waals surface area contributed by atoms with Crippen LogP contribution in [0.25, 0.3) is 10.8 Å². The number of alkyl halides is 2. The Balaban J connectivity index is 1.53. The lowest BCUT2D eigenvalue weighted by atomic mass is 10.1. The van der Waals surface area contributed by atoms with Gasteiger partial charge in [0, 0.05) is 12.2 Å². The zero-order chi connectivity index (χ0) is 19.2. The number of ether oxygens (including phenoxy) is 1. The van der Waals surface area contributed by atoms with Gasteiger partial charge in [-0.2, -0.15) is 8.78 Å². The fourth-order valence-electron chi connectivity index (χ4n) is 2.86. The van der Waals surface area contributed by atoms with Gasteiger partial charge in [-0.15, -0.1) is 0 Å². The first-order chi connectivity index (χ1) is 13.0. The largest absolute Gasteiger partial charge is 0.435 e. The van der Waals surface area contributed by atoms with E-state index in [0.717, 1.165) is 22.0 Å². The van der Waals surface area contributed by atoms with E-state index >= 15 is 0 Å². The molecule has 0 atom stereocenters. The lowest BCUT2D eigenvalue weighted by molar-refractivity contribution is -0.117. The minimum absolute atomic E-state index is 0.116. The third-order valence-electron chi connectivity index (χ3n) is 4.05. The zero-order valence-electron chi connectivity index (χ0n) is 14.9. The number of fused-ring (bicyclic) bond motifs is 1. The molecule has 3 aromatic rings. The van der Waals surface area contributed by atoms with E-state index in [-0.39, 0.29) is 18.2 Å². The molecule has 3 aromatic carbocycles. The van der Waals surface area contributed by atoms with Crippen molar-refractivity contribution < 1.29 is 18.3 Å². The van der Waals surface area contributed by atoms with Gasteiger partial charge < -0.3 is 10.1 Å². The second-order valence-corrected chi connectivity index (χ2v) is 6.30. The van der Waals surface area contributed by atoms with Gasteiger partial charge in [-0.25, -0.2) is 0 Å². The summed E-state index contributed by atoms with van der Waals surface area (Å²) >= 11 is 0. The lowest BCUT2D eigenvalue weighted by Crippen LogP contribution is -2.29. The molecule has 1 amide bonds. The summed E-state index contributed by atoms with van der Waals surface area (Å²) in [4.78, 5) is 14.1. The average molecular weight is 370 g/mol. The van der Waals surface area contributed by atoms with E-state index in [1.807, 2.05) is 54.4 Å². The maximum absolute atomic E-state index is 12.3. The number of likely N-dealkylation sites (N-methyl/N-ethyl adjacent to an activating group) is 1. The van der Waals surface area contributed by atoms with Crippen LogP contribution in [0, 0.1) is 0 Å². The molecule has 0 saturated carbocycles. The Morgan fingerprint density at radius 2 is 1.74 bits per heavy atom. The van der Waals surface area contributed by atoms with Gasteiger partial charge in [0.2, 0.25) is 5.91 Å². The number of carbonyl (C=O) groups is 1. The number of hydrogen-bond acceptors (Lipinski definition) is 3. The van der Waals surface area contributed by atoms with Crippen LogP contribution in [0.1, 0.15) is 5.56 Å². The van der Waals surface area contributed by atoms with Crippen molar-refractivity contribution in [3.63, 3.8) is 0 Å². The van der Waals surface area contributed by atoms with Crippen LogP contribution in [0.2, 0.25) is 0 Å². The van der Waals surface area contributed by atoms with Crippen molar-refractivity contribution in [2.75, 3.05) is 18.9 Å². The summed E-state index contributed by atoms with van der Waals surface area (Å²) in [5.74, 6) is -0.00381. The molecule has 3 rings (SSSR count). The van der Waals surface area contributed by atoms with Crippen LogP contribution in [0.15, 0.2) is 66.7 Å². The summed E-state index contributed by atoms with van der Waals surface area (Å²) in [6, 6.07) is 20.1. The minimum atomic E-state index is -2.84. The van der Waals surface area contributed by atoms with Crippen LogP contribution in [0.4, 0.5) is 14.5 Å². The lowest BCUT2D eigenvalue weighted by Gasteiger charge is -2.17. The van der Waals surface area contributed by atoms with Gasteiger partial charge in [-0.05, 0) is 47.6 Å². The monoisotopic (exact) mass is 370 g/mol. The molecule has 0 unspecified atom stereocenters. The first-order valence-electron chi connectivity index (χ1n) is 8.50. The highest BCUT2D eigenvalue weighted by Gasteiger charge is 2.09. The quantitative estimate of drug-likeness (QED) is 0.665. The molecule has 0 aliphatic rings. The smallest absolute Gasteiger partial charge is 0.387 e. The van der Waals surface area contributed by atoms with Crippen LogP contribution in [0.3, 0.4) is 0 Å². The molecule has 0 bridgehead atoms. The van der Waals surface area contributed by atoms with Gasteiger partial charge in [-0.1, -0.05) is 42.5 Å². The van der Waals surface area contributed by atoms with Crippen molar-refractivity contribution >= 4 is 22.4 Å². The van der Waals surface area contributed by atoms with E-state index < -0.39 is 6.61 Å². The highest BCUT2D eigenvalue weighted by atomic mass is 19.3. The molecular weight excluding hydrogens is 350 g/mol. The number of halogens is 2. The molecule has 0 radical (unpaired) electrons. The van der Waals surface area contributed by atoms with E-state index in [0.29, 0.717) is 6.54 Å². The van der Waals surface area contributed by atoms with E-state index in [9.17, 15) is 13.6 Å². The Hall–Kier alpha value is -2.99. The maximum atomic E-state index is 12.3. The highest BCUT2D eigenvalue weighted by Crippen LogP contribution is 2.19. The molecule has 140 valence electrons. The van der Waals surface area contributed by atoms with Crippen molar-refractivity contribution in [3.05, 3.63) is 72.3 Å². The molecule has 6 heteroatoms. The molecule has 27 heavy (non-hydrogen) atoms. The highest BCUT2D eigenvalue weighted by molar-refractivity contribution is 5.95. The number of nitrogens with one attached hydrogen (secondary N) is 1. The minimum Gasteiger partial charge on any atom is -0.435 e. The SMILES string of the molecule is CN(CC(=O)Nc1ccc2ccccc2c1)Cc1ccc(OC(F)F)cc1. The Bertz CT molecular complexity index is 913. The summed E-state index contributed by atoms with van der Waals surface area (Å²) in [5.41, 5.74) is 1.65. The summed E-state index contributed by atoms with van der Waals surface area (Å²) in [5, 5.41) is 5.08. The number of benzene rings is 3. The Morgan fingerprint density at radius 1 is 1.04 bits per heavy atom. The van der Waals surface area contributed by atoms with Gasteiger partial charge in [0.05, 0.1) is 6.54 Å². The van der Waals surface area contributed by atoms with E-state index in [1.54, 1.807) is 12.1 Å². The molecule has 0 heterocycles. The number of nitrogens with zero attached hydrogens (tertiary/aromatic N) is 1. The normalized spacial score (nSPS) is 11.1. The Morgan fingerprint density at radius 3 is 2.44 bits per heavy atom. The summed E-state index contributed by atoms with van der Waals surface area (Å²) < 4.78 is 28.7. The summed E-state index contributed by atoms with van der Waals surface area (Å²) in [6.07, 6.45) is 0. The predicted octanol–water partition coefficient (Wildman–Crippen LogP) is 4.51. The van der Waals surface area contributed by atoms with Crippen molar-refractivity contribution in [2.45, 2.75) is 13.2 Å². The molecule has 0 fully saturated rings. The van der Waals surface area contributed by atoms with Crippen LogP contribution < -0.4 is 10.1 Å². The van der Waals surface area contributed by atoms with Crippen LogP contribution in [-0.4, -0.2) is 31.0 Å². The number of hydrogen-bond donors (Lipinski definition) is 1. The molecule has 1 N–H and O–H groups in total. The first kappa shape index (κ1) is 18.8. The van der Waals surface area contributed by atoms with Crippen molar-refractivity contribution in [1.29, 1.82) is 0 Å². The Kier molecular flexibility index (Phi) is 5.98. The van der Waals surface area contributed by atoms with Crippen LogP contribution >= 0.6 is 0 Å².